The number of unbranched alkanes of at least 4 members (excludes halogenated alkanes) is 8. The fraction of sp³-hybridized carbons (Fsp3) is 0.692. The van der Waals surface area contributed by atoms with Crippen LogP contribution in [-0.2, 0) is 14.3 Å². The van der Waals surface area contributed by atoms with Gasteiger partial charge in [-0.05, 0) is 32.8 Å². The van der Waals surface area contributed by atoms with Crippen molar-refractivity contribution in [2.24, 2.45) is 0 Å². The molecular weight excluding hydrogens is 436 g/mol. The number of ether oxygens (including phenoxy) is 3. The predicted octanol–water partition coefficient (Wildman–Crippen LogP) is 5.24. The van der Waals surface area contributed by atoms with E-state index < -0.39 is 17.8 Å². The van der Waals surface area contributed by atoms with Crippen LogP contribution in [0.1, 0.15) is 113 Å². The monoisotopic (exact) mass is 478 g/mol. The van der Waals surface area contributed by atoms with Gasteiger partial charge in [0.2, 0.25) is 0 Å². The lowest BCUT2D eigenvalue weighted by molar-refractivity contribution is -0.142. The van der Waals surface area contributed by atoms with Crippen LogP contribution in [0, 0.1) is 0 Å². The zero-order valence-electron chi connectivity index (χ0n) is 21.3. The number of nitrogens with zero attached hydrogens (tertiary/aromatic N) is 1. The summed E-state index contributed by atoms with van der Waals surface area (Å²) in [5.41, 5.74) is 0.210. The minimum atomic E-state index is -0.578. The quantitative estimate of drug-likeness (QED) is 0.227. The molecule has 1 aromatic rings. The molecule has 0 saturated carbocycles. The van der Waals surface area contributed by atoms with Gasteiger partial charge >= 0.3 is 11.9 Å². The number of rotatable bonds is 18. The van der Waals surface area contributed by atoms with Crippen molar-refractivity contribution >= 4 is 17.8 Å². The van der Waals surface area contributed by atoms with Gasteiger partial charge in [0.1, 0.15) is 6.54 Å². The molecule has 1 N–H and O–H groups in total. The number of amides is 1. The van der Waals surface area contributed by atoms with E-state index in [0.717, 1.165) is 44.9 Å². The molecule has 1 heterocycles. The molecule has 0 aliphatic carbocycles. The molecule has 1 amide bonds. The van der Waals surface area contributed by atoms with Gasteiger partial charge in [0.05, 0.1) is 24.9 Å². The van der Waals surface area contributed by atoms with Crippen molar-refractivity contribution in [1.82, 2.24) is 10.3 Å². The van der Waals surface area contributed by atoms with Crippen molar-refractivity contribution in [3.05, 3.63) is 23.5 Å². The first-order valence-electron chi connectivity index (χ1n) is 12.7. The summed E-state index contributed by atoms with van der Waals surface area (Å²) in [7, 11) is 0. The van der Waals surface area contributed by atoms with Crippen molar-refractivity contribution in [1.29, 1.82) is 0 Å². The normalized spacial score (nSPS) is 10.7. The number of pyridine rings is 1. The first-order chi connectivity index (χ1) is 16.4. The highest BCUT2D eigenvalue weighted by Gasteiger charge is 2.20. The molecule has 0 spiro atoms. The maximum Gasteiger partial charge on any atom is 0.339 e. The smallest absolute Gasteiger partial charge is 0.339 e. The summed E-state index contributed by atoms with van der Waals surface area (Å²) in [5, 5.41) is 2.50. The second kappa shape index (κ2) is 17.8. The molecule has 0 aromatic carbocycles. The average molecular weight is 479 g/mol. The molecule has 0 fully saturated rings. The number of aromatic nitrogens is 1. The molecule has 0 aliphatic rings. The Balaban J connectivity index is 2.60. The van der Waals surface area contributed by atoms with E-state index in [1.54, 1.807) is 13.8 Å². The summed E-state index contributed by atoms with van der Waals surface area (Å²) in [5.74, 6) is -1.43. The maximum atomic E-state index is 12.6. The van der Waals surface area contributed by atoms with Gasteiger partial charge in [0.25, 0.3) is 5.91 Å². The van der Waals surface area contributed by atoms with Crippen LogP contribution in [0.15, 0.2) is 12.3 Å². The molecule has 0 bridgehead atoms. The van der Waals surface area contributed by atoms with Gasteiger partial charge in [0.15, 0.2) is 11.4 Å². The summed E-state index contributed by atoms with van der Waals surface area (Å²) in [6.45, 7) is 8.31. The van der Waals surface area contributed by atoms with E-state index in [-0.39, 0.29) is 29.7 Å². The number of hydrogen-bond donors (Lipinski definition) is 1. The predicted molar refractivity (Wildman–Crippen MR) is 131 cm³/mol. The second-order valence-corrected chi connectivity index (χ2v) is 8.60. The van der Waals surface area contributed by atoms with Crippen LogP contribution in [0.3, 0.4) is 0 Å². The zero-order chi connectivity index (χ0) is 25.2. The first-order valence-corrected chi connectivity index (χ1v) is 12.7. The van der Waals surface area contributed by atoms with E-state index in [9.17, 15) is 14.4 Å². The van der Waals surface area contributed by atoms with Gasteiger partial charge in [-0.3, -0.25) is 9.59 Å². The lowest BCUT2D eigenvalue weighted by Gasteiger charge is -2.14. The van der Waals surface area contributed by atoms with E-state index in [2.05, 4.69) is 24.1 Å². The highest BCUT2D eigenvalue weighted by atomic mass is 16.5. The van der Waals surface area contributed by atoms with Crippen LogP contribution in [0.4, 0.5) is 0 Å². The van der Waals surface area contributed by atoms with Crippen molar-refractivity contribution in [2.75, 3.05) is 19.8 Å². The Hall–Kier alpha value is -2.64. The molecule has 8 nitrogen and oxygen atoms in total. The maximum absolute atomic E-state index is 12.6. The number of nitrogens with one attached hydrogen (secondary N) is 1. The Morgan fingerprint density at radius 2 is 1.47 bits per heavy atom. The van der Waals surface area contributed by atoms with Gasteiger partial charge in [-0.2, -0.15) is 0 Å². The van der Waals surface area contributed by atoms with Gasteiger partial charge in [-0.1, -0.05) is 65.2 Å². The molecule has 1 rings (SSSR count). The number of carbonyl (C=O) groups is 3. The van der Waals surface area contributed by atoms with E-state index in [0.29, 0.717) is 13.2 Å². The number of hydrogen-bond acceptors (Lipinski definition) is 7. The minimum absolute atomic E-state index is 0.00285. The van der Waals surface area contributed by atoms with Gasteiger partial charge in [-0.25, -0.2) is 9.78 Å². The number of esters is 2. The van der Waals surface area contributed by atoms with Crippen LogP contribution < -0.4 is 10.1 Å². The molecule has 0 radical (unpaired) electrons. The molecule has 1 aromatic heterocycles. The fourth-order valence-corrected chi connectivity index (χ4v) is 3.20. The largest absolute Gasteiger partial charge is 0.489 e. The molecule has 34 heavy (non-hydrogen) atoms. The standard InChI is InChI=1S/C26H42N2O6/c1-5-7-9-11-12-14-16-33-26(31)21-17-22(34-20(3)4)24(27-18-21)25(30)28-19-23(29)32-15-13-10-8-6-2/h17-18,20H,5-16,19H2,1-4H3,(H,28,30). The summed E-state index contributed by atoms with van der Waals surface area (Å²) >= 11 is 0. The lowest BCUT2D eigenvalue weighted by Crippen LogP contribution is -2.32. The highest BCUT2D eigenvalue weighted by Crippen LogP contribution is 2.20. The van der Waals surface area contributed by atoms with E-state index in [1.807, 2.05) is 0 Å². The van der Waals surface area contributed by atoms with Crippen LogP contribution in [0.25, 0.3) is 0 Å². The van der Waals surface area contributed by atoms with Gasteiger partial charge in [-0.15, -0.1) is 0 Å². The topological polar surface area (TPSA) is 104 Å². The summed E-state index contributed by atoms with van der Waals surface area (Å²) in [4.78, 5) is 41.0. The van der Waals surface area contributed by atoms with Crippen LogP contribution in [0.2, 0.25) is 0 Å². The Labute approximate surface area is 204 Å². The summed E-state index contributed by atoms with van der Waals surface area (Å²) in [6.07, 6.45) is 11.6. The van der Waals surface area contributed by atoms with Gasteiger partial charge < -0.3 is 19.5 Å². The Bertz CT molecular complexity index is 751. The Morgan fingerprint density at radius 1 is 0.882 bits per heavy atom. The third-order valence-electron chi connectivity index (χ3n) is 5.05. The van der Waals surface area contributed by atoms with Crippen molar-refractivity contribution < 1.29 is 28.6 Å². The van der Waals surface area contributed by atoms with Crippen LogP contribution in [0.5, 0.6) is 5.75 Å². The third kappa shape index (κ3) is 12.6. The summed E-state index contributed by atoms with van der Waals surface area (Å²) in [6, 6.07) is 1.46. The molecule has 0 aliphatic heterocycles. The van der Waals surface area contributed by atoms with E-state index in [4.69, 9.17) is 14.2 Å². The molecule has 0 unspecified atom stereocenters. The Morgan fingerprint density at radius 3 is 2.12 bits per heavy atom. The van der Waals surface area contributed by atoms with Crippen molar-refractivity contribution in [3.63, 3.8) is 0 Å². The fourth-order valence-electron chi connectivity index (χ4n) is 3.20. The molecule has 0 atom stereocenters. The Kier molecular flexibility index (Phi) is 15.4. The molecule has 192 valence electrons. The van der Waals surface area contributed by atoms with Crippen molar-refractivity contribution in [3.8, 4) is 5.75 Å². The zero-order valence-corrected chi connectivity index (χ0v) is 21.3. The average Bonchev–Trinajstić information content (AvgIpc) is 2.81. The van der Waals surface area contributed by atoms with Gasteiger partial charge in [0, 0.05) is 6.20 Å². The first kappa shape index (κ1) is 29.4. The number of carbonyl (C=O) groups excluding carboxylic acids is 3. The SMILES string of the molecule is CCCCCCCCOC(=O)c1cnc(C(=O)NCC(=O)OCCCCCC)c(OC(C)C)c1. The third-order valence-corrected chi connectivity index (χ3v) is 5.05. The van der Waals surface area contributed by atoms with Crippen molar-refractivity contribution in [2.45, 2.75) is 98.0 Å². The molecule has 0 saturated heterocycles. The highest BCUT2D eigenvalue weighted by molar-refractivity contribution is 5.98. The van der Waals surface area contributed by atoms with E-state index in [1.165, 1.54) is 31.5 Å². The second-order valence-electron chi connectivity index (χ2n) is 8.60. The summed E-state index contributed by atoms with van der Waals surface area (Å²) < 4.78 is 16.2. The molecule has 8 heteroatoms. The lowest BCUT2D eigenvalue weighted by atomic mass is 10.1. The van der Waals surface area contributed by atoms with E-state index >= 15 is 0 Å². The molecular formula is C26H42N2O6. The van der Waals surface area contributed by atoms with Crippen LogP contribution in [-0.4, -0.2) is 48.7 Å². The minimum Gasteiger partial charge on any atom is -0.489 e. The van der Waals surface area contributed by atoms with Crippen LogP contribution >= 0.6 is 0 Å².